The van der Waals surface area contributed by atoms with Gasteiger partial charge in [-0.15, -0.1) is 0 Å². The zero-order valence-electron chi connectivity index (χ0n) is 51.3. The molecule has 2 atom stereocenters. The SMILES string of the molecule is CCCCCCCCCCCCCCCCC(=O)OCCCCCCCCCCCCCCCCCCCCCCCCCCCCCCCCCCCCCC(=O)NC(CO)C(O)CCCCCCCCCCC. The molecule has 0 saturated heterocycles. The van der Waals surface area contributed by atoms with Crippen molar-refractivity contribution in [2.24, 2.45) is 0 Å². The molecule has 2 unspecified atom stereocenters. The number of unbranched alkanes of at least 4 members (excludes halogenated alkanes) is 55. The van der Waals surface area contributed by atoms with Crippen LogP contribution in [-0.4, -0.2) is 47.4 Å². The first-order valence-corrected chi connectivity index (χ1v) is 34.8. The second-order valence-corrected chi connectivity index (χ2v) is 24.2. The van der Waals surface area contributed by atoms with Crippen molar-refractivity contribution in [3.8, 4) is 0 Å². The van der Waals surface area contributed by atoms with Crippen molar-refractivity contribution < 1.29 is 24.5 Å². The highest BCUT2D eigenvalue weighted by molar-refractivity contribution is 5.76. The molecule has 0 aliphatic carbocycles. The molecule has 0 heterocycles. The predicted octanol–water partition coefficient (Wildman–Crippen LogP) is 22.2. The van der Waals surface area contributed by atoms with E-state index in [0.717, 1.165) is 38.5 Å². The average molecular weight is 1060 g/mol. The molecular weight excluding hydrogens is 923 g/mol. The molecule has 6 heteroatoms. The maximum Gasteiger partial charge on any atom is 0.305 e. The molecule has 0 aliphatic rings. The third kappa shape index (κ3) is 61.9. The quantitative estimate of drug-likeness (QED) is 0.0417. The first-order chi connectivity index (χ1) is 37.0. The molecule has 0 spiro atoms. The van der Waals surface area contributed by atoms with Crippen molar-refractivity contribution in [2.75, 3.05) is 13.2 Å². The molecule has 3 N–H and O–H groups in total. The Hall–Kier alpha value is -1.14. The van der Waals surface area contributed by atoms with E-state index in [1.807, 2.05) is 0 Å². The first kappa shape index (κ1) is 73.9. The van der Waals surface area contributed by atoms with Gasteiger partial charge in [-0.25, -0.2) is 0 Å². The van der Waals surface area contributed by atoms with Crippen LogP contribution in [-0.2, 0) is 14.3 Å². The number of hydrogen-bond acceptors (Lipinski definition) is 5. The number of carbonyl (C=O) groups excluding carboxylic acids is 2. The Kier molecular flexibility index (Phi) is 64.4. The van der Waals surface area contributed by atoms with E-state index in [2.05, 4.69) is 19.2 Å². The number of nitrogens with one attached hydrogen (secondary N) is 1. The number of carbonyl (C=O) groups is 2. The van der Waals surface area contributed by atoms with Gasteiger partial charge in [-0.3, -0.25) is 9.59 Å². The Bertz CT molecular complexity index is 1080. The fraction of sp³-hybridized carbons (Fsp3) is 0.971. The average Bonchev–Trinajstić information content (AvgIpc) is 3.41. The van der Waals surface area contributed by atoms with Crippen molar-refractivity contribution in [3.63, 3.8) is 0 Å². The van der Waals surface area contributed by atoms with Crippen LogP contribution in [0.15, 0.2) is 0 Å². The van der Waals surface area contributed by atoms with Crippen LogP contribution < -0.4 is 5.32 Å². The molecule has 0 aliphatic heterocycles. The van der Waals surface area contributed by atoms with Crippen molar-refractivity contribution in [1.29, 1.82) is 0 Å². The normalized spacial score (nSPS) is 12.4. The predicted molar refractivity (Wildman–Crippen MR) is 329 cm³/mol. The summed E-state index contributed by atoms with van der Waals surface area (Å²) in [6.07, 6.45) is 78.9. The molecule has 0 fully saturated rings. The summed E-state index contributed by atoms with van der Waals surface area (Å²) >= 11 is 0. The van der Waals surface area contributed by atoms with Crippen molar-refractivity contribution in [2.45, 2.75) is 418 Å². The Morgan fingerprint density at radius 1 is 0.320 bits per heavy atom. The minimum absolute atomic E-state index is 0.0258. The molecule has 0 aromatic carbocycles. The maximum atomic E-state index is 12.4. The molecule has 0 aromatic rings. The van der Waals surface area contributed by atoms with Gasteiger partial charge in [0.2, 0.25) is 5.91 Å². The summed E-state index contributed by atoms with van der Waals surface area (Å²) in [5.74, 6) is -0.00392. The summed E-state index contributed by atoms with van der Waals surface area (Å²) in [6.45, 7) is 4.97. The van der Waals surface area contributed by atoms with Crippen molar-refractivity contribution in [1.82, 2.24) is 5.32 Å². The van der Waals surface area contributed by atoms with Crippen LogP contribution in [0.1, 0.15) is 406 Å². The van der Waals surface area contributed by atoms with Crippen LogP contribution in [0.25, 0.3) is 0 Å². The molecule has 0 aromatic heterocycles. The van der Waals surface area contributed by atoms with Gasteiger partial charge in [-0.1, -0.05) is 367 Å². The van der Waals surface area contributed by atoms with Gasteiger partial charge < -0.3 is 20.3 Å². The van der Waals surface area contributed by atoms with Crippen LogP contribution in [0.4, 0.5) is 0 Å². The van der Waals surface area contributed by atoms with Crippen LogP contribution in [0, 0.1) is 0 Å². The smallest absolute Gasteiger partial charge is 0.305 e. The second kappa shape index (κ2) is 65.4. The number of rotatable bonds is 66. The number of hydrogen-bond donors (Lipinski definition) is 3. The van der Waals surface area contributed by atoms with Crippen LogP contribution in [0.3, 0.4) is 0 Å². The topological polar surface area (TPSA) is 95.9 Å². The van der Waals surface area contributed by atoms with Gasteiger partial charge in [0.05, 0.1) is 25.4 Å². The number of ether oxygens (including phenoxy) is 1. The lowest BCUT2D eigenvalue weighted by Gasteiger charge is -2.22. The highest BCUT2D eigenvalue weighted by atomic mass is 16.5. The Morgan fingerprint density at radius 3 is 0.813 bits per heavy atom. The van der Waals surface area contributed by atoms with Gasteiger partial charge in [-0.05, 0) is 25.7 Å². The third-order valence-electron chi connectivity index (χ3n) is 16.7. The van der Waals surface area contributed by atoms with E-state index >= 15 is 0 Å². The standard InChI is InChI=1S/C69H137NO5/c1-3-5-7-9-11-13-14-15-40-43-47-51-55-59-63-69(74)75-64-60-56-52-48-44-41-38-36-34-32-30-28-26-24-22-20-18-16-17-19-21-23-25-27-29-31-33-35-37-39-42-46-50-54-58-62-68(73)70-66(65-71)67(72)61-57-53-49-45-12-10-8-6-4-2/h66-67,71-72H,3-65H2,1-2H3,(H,70,73). The summed E-state index contributed by atoms with van der Waals surface area (Å²) in [7, 11) is 0. The third-order valence-corrected chi connectivity index (χ3v) is 16.7. The van der Waals surface area contributed by atoms with Gasteiger partial charge in [0.25, 0.3) is 0 Å². The maximum absolute atomic E-state index is 12.4. The van der Waals surface area contributed by atoms with E-state index < -0.39 is 12.1 Å². The molecule has 0 rings (SSSR count). The van der Waals surface area contributed by atoms with E-state index in [4.69, 9.17) is 4.74 Å². The Balaban J connectivity index is 3.26. The van der Waals surface area contributed by atoms with Gasteiger partial charge in [0.1, 0.15) is 0 Å². The van der Waals surface area contributed by atoms with Gasteiger partial charge in [-0.2, -0.15) is 0 Å². The fourth-order valence-electron chi connectivity index (χ4n) is 11.4. The molecule has 6 nitrogen and oxygen atoms in total. The van der Waals surface area contributed by atoms with E-state index in [1.54, 1.807) is 0 Å². The van der Waals surface area contributed by atoms with Gasteiger partial charge >= 0.3 is 5.97 Å². The summed E-state index contributed by atoms with van der Waals surface area (Å²) < 4.78 is 5.50. The number of aliphatic hydroxyl groups is 2. The number of amides is 1. The zero-order valence-corrected chi connectivity index (χ0v) is 51.3. The van der Waals surface area contributed by atoms with Crippen LogP contribution in [0.2, 0.25) is 0 Å². The summed E-state index contributed by atoms with van der Waals surface area (Å²) in [6, 6.07) is -0.534. The van der Waals surface area contributed by atoms with Crippen molar-refractivity contribution >= 4 is 11.9 Å². The highest BCUT2D eigenvalue weighted by Crippen LogP contribution is 2.19. The molecule has 1 amide bonds. The minimum Gasteiger partial charge on any atom is -0.466 e. The summed E-state index contributed by atoms with van der Waals surface area (Å²) in [4.78, 5) is 24.5. The Labute approximate surface area is 470 Å². The van der Waals surface area contributed by atoms with Crippen LogP contribution >= 0.6 is 0 Å². The number of aliphatic hydroxyl groups excluding tert-OH is 2. The molecular formula is C69H137NO5. The van der Waals surface area contributed by atoms with E-state index in [-0.39, 0.29) is 18.5 Å². The summed E-state index contributed by atoms with van der Waals surface area (Å²) in [5, 5.41) is 23.1. The summed E-state index contributed by atoms with van der Waals surface area (Å²) in [5.41, 5.74) is 0. The van der Waals surface area contributed by atoms with Gasteiger partial charge in [0.15, 0.2) is 0 Å². The molecule has 0 bridgehead atoms. The first-order valence-electron chi connectivity index (χ1n) is 34.8. The van der Waals surface area contributed by atoms with E-state index in [1.165, 1.54) is 334 Å². The molecule has 0 saturated carbocycles. The molecule has 448 valence electrons. The highest BCUT2D eigenvalue weighted by Gasteiger charge is 2.20. The van der Waals surface area contributed by atoms with E-state index in [9.17, 15) is 19.8 Å². The lowest BCUT2D eigenvalue weighted by Crippen LogP contribution is -2.45. The largest absolute Gasteiger partial charge is 0.466 e. The zero-order chi connectivity index (χ0) is 54.3. The van der Waals surface area contributed by atoms with Crippen LogP contribution in [0.5, 0.6) is 0 Å². The van der Waals surface area contributed by atoms with Gasteiger partial charge in [0, 0.05) is 12.8 Å². The Morgan fingerprint density at radius 2 is 0.547 bits per heavy atom. The monoisotopic (exact) mass is 1060 g/mol. The molecule has 0 radical (unpaired) electrons. The van der Waals surface area contributed by atoms with Crippen molar-refractivity contribution in [3.05, 3.63) is 0 Å². The lowest BCUT2D eigenvalue weighted by molar-refractivity contribution is -0.143. The van der Waals surface area contributed by atoms with E-state index in [0.29, 0.717) is 25.9 Å². The second-order valence-electron chi connectivity index (χ2n) is 24.2. The fourth-order valence-corrected chi connectivity index (χ4v) is 11.4. The molecule has 75 heavy (non-hydrogen) atoms. The lowest BCUT2D eigenvalue weighted by atomic mass is 10.0. The number of esters is 1. The minimum atomic E-state index is -0.657.